The molecule has 2 rings (SSSR count). The number of aryl methyl sites for hydroxylation is 1. The second-order valence-electron chi connectivity index (χ2n) is 6.03. The number of nitrogens with two attached hydrogens (primary N) is 1. The van der Waals surface area contributed by atoms with E-state index in [0.717, 1.165) is 23.3 Å². The third-order valence-electron chi connectivity index (χ3n) is 3.98. The van der Waals surface area contributed by atoms with Gasteiger partial charge in [0.25, 0.3) is 0 Å². The molecule has 4 nitrogen and oxygen atoms in total. The van der Waals surface area contributed by atoms with Crippen molar-refractivity contribution in [2.75, 3.05) is 0 Å². The highest BCUT2D eigenvalue weighted by molar-refractivity contribution is 5.87. The summed E-state index contributed by atoms with van der Waals surface area (Å²) in [4.78, 5) is 23.8. The molecule has 3 N–H and O–H groups in total. The molecule has 0 aliphatic rings. The van der Waals surface area contributed by atoms with Gasteiger partial charge in [-0.1, -0.05) is 42.5 Å². The van der Waals surface area contributed by atoms with Gasteiger partial charge in [-0.2, -0.15) is 13.2 Å². The van der Waals surface area contributed by atoms with Crippen molar-refractivity contribution >= 4 is 11.8 Å². The van der Waals surface area contributed by atoms with Crippen LogP contribution in [0.4, 0.5) is 13.2 Å². The maximum absolute atomic E-state index is 12.7. The van der Waals surface area contributed by atoms with Gasteiger partial charge < -0.3 is 11.1 Å². The van der Waals surface area contributed by atoms with Crippen LogP contribution in [0, 0.1) is 6.92 Å². The average Bonchev–Trinajstić information content (AvgIpc) is 2.55. The summed E-state index contributed by atoms with van der Waals surface area (Å²) in [5.41, 5.74) is 6.54. The molecule has 0 fully saturated rings. The number of nitrogens with one attached hydrogen (secondary N) is 1. The molecule has 1 atom stereocenters. The highest BCUT2D eigenvalue weighted by Crippen LogP contribution is 2.29. The number of halogens is 3. The maximum Gasteiger partial charge on any atom is 0.416 e. The molecule has 2 aromatic carbocycles. The standard InChI is InChI=1S/C19H19F3N2O2/c1-12-5-2-3-7-14(12)11-16(18(23)26)24-17(25)10-13-6-4-8-15(9-13)19(20,21)22/h2-9,16H,10-11H2,1H3,(H2,23,26)(H,24,25)/t16-/m0/s1. The Bertz CT molecular complexity index is 803. The van der Waals surface area contributed by atoms with Crippen LogP contribution in [0.25, 0.3) is 0 Å². The van der Waals surface area contributed by atoms with Crippen LogP contribution >= 0.6 is 0 Å². The van der Waals surface area contributed by atoms with Crippen molar-refractivity contribution in [1.82, 2.24) is 5.32 Å². The predicted molar refractivity (Wildman–Crippen MR) is 91.2 cm³/mol. The van der Waals surface area contributed by atoms with Crippen LogP contribution in [0.3, 0.4) is 0 Å². The number of alkyl halides is 3. The van der Waals surface area contributed by atoms with Gasteiger partial charge in [0, 0.05) is 6.42 Å². The Kier molecular flexibility index (Phi) is 6.02. The average molecular weight is 364 g/mol. The van der Waals surface area contributed by atoms with Crippen LogP contribution in [0.15, 0.2) is 48.5 Å². The molecule has 0 radical (unpaired) electrons. The van der Waals surface area contributed by atoms with Crippen LogP contribution in [0.1, 0.15) is 22.3 Å². The Labute approximate surface area is 149 Å². The SMILES string of the molecule is Cc1ccccc1C[C@H](NC(=O)Cc1cccc(C(F)(F)F)c1)C(N)=O. The third-order valence-corrected chi connectivity index (χ3v) is 3.98. The van der Waals surface area contributed by atoms with Gasteiger partial charge in [-0.15, -0.1) is 0 Å². The maximum atomic E-state index is 12.7. The molecule has 0 heterocycles. The molecule has 0 bridgehead atoms. The lowest BCUT2D eigenvalue weighted by atomic mass is 10.0. The van der Waals surface area contributed by atoms with E-state index in [1.807, 2.05) is 31.2 Å². The topological polar surface area (TPSA) is 72.2 Å². The third kappa shape index (κ3) is 5.34. The van der Waals surface area contributed by atoms with Crippen molar-refractivity contribution in [2.24, 2.45) is 5.73 Å². The number of primary amides is 1. The first kappa shape index (κ1) is 19.5. The van der Waals surface area contributed by atoms with Crippen molar-refractivity contribution in [2.45, 2.75) is 32.0 Å². The molecule has 0 saturated carbocycles. The van der Waals surface area contributed by atoms with Crippen LogP contribution in [0.5, 0.6) is 0 Å². The summed E-state index contributed by atoms with van der Waals surface area (Å²) in [6.45, 7) is 1.87. The number of carbonyl (C=O) groups excluding carboxylic acids is 2. The zero-order chi connectivity index (χ0) is 19.3. The minimum Gasteiger partial charge on any atom is -0.368 e. The van der Waals surface area contributed by atoms with E-state index in [4.69, 9.17) is 5.73 Å². The number of carbonyl (C=O) groups is 2. The van der Waals surface area contributed by atoms with Gasteiger partial charge in [0.15, 0.2) is 0 Å². The minimum atomic E-state index is -4.48. The van der Waals surface area contributed by atoms with Crippen molar-refractivity contribution in [3.8, 4) is 0 Å². The first-order chi connectivity index (χ1) is 12.2. The van der Waals surface area contributed by atoms with Crippen LogP contribution in [0.2, 0.25) is 0 Å². The van der Waals surface area contributed by atoms with E-state index in [2.05, 4.69) is 5.32 Å². The van der Waals surface area contributed by atoms with Crippen molar-refractivity contribution < 1.29 is 22.8 Å². The van der Waals surface area contributed by atoms with E-state index in [0.29, 0.717) is 0 Å². The zero-order valence-corrected chi connectivity index (χ0v) is 14.1. The molecule has 2 amide bonds. The van der Waals surface area contributed by atoms with Gasteiger partial charge in [-0.25, -0.2) is 0 Å². The molecule has 7 heteroatoms. The second-order valence-corrected chi connectivity index (χ2v) is 6.03. The Hall–Kier alpha value is -2.83. The fourth-order valence-corrected chi connectivity index (χ4v) is 2.57. The summed E-state index contributed by atoms with van der Waals surface area (Å²) in [7, 11) is 0. The molecule has 0 aliphatic carbocycles. The summed E-state index contributed by atoms with van der Waals surface area (Å²) in [5, 5.41) is 2.50. The highest BCUT2D eigenvalue weighted by Gasteiger charge is 2.30. The molecule has 0 aromatic heterocycles. The van der Waals surface area contributed by atoms with Crippen LogP contribution in [-0.4, -0.2) is 17.9 Å². The molecule has 2 aromatic rings. The summed E-state index contributed by atoms with van der Waals surface area (Å²) in [5.74, 6) is -1.27. The number of benzene rings is 2. The summed E-state index contributed by atoms with van der Waals surface area (Å²) < 4.78 is 38.2. The monoisotopic (exact) mass is 364 g/mol. The normalized spacial score (nSPS) is 12.5. The largest absolute Gasteiger partial charge is 0.416 e. The van der Waals surface area contributed by atoms with E-state index in [-0.39, 0.29) is 18.4 Å². The molecular weight excluding hydrogens is 345 g/mol. The Morgan fingerprint density at radius 2 is 1.81 bits per heavy atom. The minimum absolute atomic E-state index is 0.205. The fourth-order valence-electron chi connectivity index (χ4n) is 2.57. The molecule has 138 valence electrons. The summed E-state index contributed by atoms with van der Waals surface area (Å²) in [6, 6.07) is 10.9. The molecule has 0 saturated heterocycles. The lowest BCUT2D eigenvalue weighted by Gasteiger charge is -2.17. The van der Waals surface area contributed by atoms with Gasteiger partial charge in [-0.05, 0) is 29.7 Å². The first-order valence-electron chi connectivity index (χ1n) is 7.96. The lowest BCUT2D eigenvalue weighted by molar-refractivity contribution is -0.137. The van der Waals surface area contributed by atoms with E-state index in [1.54, 1.807) is 0 Å². The number of hydrogen-bond acceptors (Lipinski definition) is 2. The predicted octanol–water partition coefficient (Wildman–Crippen LogP) is 2.77. The summed E-state index contributed by atoms with van der Waals surface area (Å²) in [6.07, 6.45) is -4.54. The van der Waals surface area contributed by atoms with Crippen molar-refractivity contribution in [1.29, 1.82) is 0 Å². The molecule has 26 heavy (non-hydrogen) atoms. The van der Waals surface area contributed by atoms with E-state index < -0.39 is 29.6 Å². The van der Waals surface area contributed by atoms with Gasteiger partial charge in [0.1, 0.15) is 6.04 Å². The van der Waals surface area contributed by atoms with E-state index in [9.17, 15) is 22.8 Å². The zero-order valence-electron chi connectivity index (χ0n) is 14.1. The van der Waals surface area contributed by atoms with Gasteiger partial charge in [0.2, 0.25) is 11.8 Å². The molecule has 0 unspecified atom stereocenters. The van der Waals surface area contributed by atoms with Crippen molar-refractivity contribution in [3.05, 3.63) is 70.8 Å². The lowest BCUT2D eigenvalue weighted by Crippen LogP contribution is -2.46. The quantitative estimate of drug-likeness (QED) is 0.827. The molecular formula is C19H19F3N2O2. The Balaban J connectivity index is 2.07. The summed E-state index contributed by atoms with van der Waals surface area (Å²) >= 11 is 0. The Morgan fingerprint density at radius 3 is 2.42 bits per heavy atom. The second kappa shape index (κ2) is 8.03. The highest BCUT2D eigenvalue weighted by atomic mass is 19.4. The van der Waals surface area contributed by atoms with Gasteiger partial charge in [-0.3, -0.25) is 9.59 Å². The van der Waals surface area contributed by atoms with Crippen molar-refractivity contribution in [3.63, 3.8) is 0 Å². The van der Waals surface area contributed by atoms with Gasteiger partial charge in [0.05, 0.1) is 12.0 Å². The smallest absolute Gasteiger partial charge is 0.368 e. The molecule has 0 spiro atoms. The first-order valence-corrected chi connectivity index (χ1v) is 7.96. The van der Waals surface area contributed by atoms with E-state index in [1.165, 1.54) is 12.1 Å². The van der Waals surface area contributed by atoms with Gasteiger partial charge >= 0.3 is 6.18 Å². The molecule has 0 aliphatic heterocycles. The Morgan fingerprint density at radius 1 is 1.12 bits per heavy atom. The number of amides is 2. The van der Waals surface area contributed by atoms with Crippen LogP contribution in [-0.2, 0) is 28.6 Å². The van der Waals surface area contributed by atoms with E-state index >= 15 is 0 Å². The van der Waals surface area contributed by atoms with Crippen LogP contribution < -0.4 is 11.1 Å². The number of rotatable bonds is 6. The fraction of sp³-hybridized carbons (Fsp3) is 0.263. The number of hydrogen-bond donors (Lipinski definition) is 2.